The van der Waals surface area contributed by atoms with Gasteiger partial charge in [-0.25, -0.2) is 4.98 Å². The maximum absolute atomic E-state index is 11.3. The Morgan fingerprint density at radius 1 is 0.958 bits per heavy atom. The second kappa shape index (κ2) is 7.31. The van der Waals surface area contributed by atoms with Crippen LogP contribution in [0.5, 0.6) is 0 Å². The summed E-state index contributed by atoms with van der Waals surface area (Å²) in [5.41, 5.74) is 0.938. The molecule has 0 radical (unpaired) electrons. The number of aliphatic hydroxyl groups is 1. The molecule has 2 aromatic carbocycles. The van der Waals surface area contributed by atoms with Gasteiger partial charge in [0.05, 0.1) is 0 Å². The van der Waals surface area contributed by atoms with Crippen LogP contribution in [0.1, 0.15) is 16.8 Å². The predicted octanol–water partition coefficient (Wildman–Crippen LogP) is 4.22. The summed E-state index contributed by atoms with van der Waals surface area (Å²) in [6.07, 6.45) is 2.05. The van der Waals surface area contributed by atoms with Crippen LogP contribution < -0.4 is 0 Å². The van der Waals surface area contributed by atoms with E-state index in [0.717, 1.165) is 5.56 Å². The molecule has 0 aliphatic heterocycles. The number of hydrogen-bond acceptors (Lipinski definition) is 2. The monoisotopic (exact) mass is 333 g/mol. The van der Waals surface area contributed by atoms with Gasteiger partial charge < -0.3 is 5.11 Å². The summed E-state index contributed by atoms with van der Waals surface area (Å²) >= 11 is 6.10. The van der Waals surface area contributed by atoms with Gasteiger partial charge in [-0.2, -0.15) is 0 Å². The lowest BCUT2D eigenvalue weighted by Gasteiger charge is -2.23. The Hall–Kier alpha value is -2.60. The highest BCUT2D eigenvalue weighted by molar-refractivity contribution is 6.30. The van der Waals surface area contributed by atoms with Crippen molar-refractivity contribution < 1.29 is 5.11 Å². The number of halogens is 1. The van der Waals surface area contributed by atoms with E-state index in [0.29, 0.717) is 22.7 Å². The molecule has 0 aliphatic rings. The summed E-state index contributed by atoms with van der Waals surface area (Å²) in [7, 11) is 0. The summed E-state index contributed by atoms with van der Waals surface area (Å²) in [5, 5.41) is 11.8. The van der Waals surface area contributed by atoms with Crippen LogP contribution in [0.2, 0.25) is 5.02 Å². The van der Waals surface area contributed by atoms with E-state index in [2.05, 4.69) is 16.8 Å². The number of hydrogen-bond donors (Lipinski definition) is 1. The Morgan fingerprint density at radius 3 is 2.46 bits per heavy atom. The smallest absolute Gasteiger partial charge is 0.155 e. The van der Waals surface area contributed by atoms with E-state index in [4.69, 9.17) is 11.6 Å². The summed E-state index contributed by atoms with van der Waals surface area (Å²) < 4.78 is 0. The SMILES string of the molecule is O[C@@](C#Cc1ccccn1)(Cc1ccccc1)c1cccc(Cl)c1. The highest BCUT2D eigenvalue weighted by Gasteiger charge is 2.27. The second-order valence-electron chi connectivity index (χ2n) is 5.50. The molecule has 0 amide bonds. The largest absolute Gasteiger partial charge is 0.373 e. The fourth-order valence-electron chi connectivity index (χ4n) is 2.46. The van der Waals surface area contributed by atoms with Crippen molar-refractivity contribution >= 4 is 11.6 Å². The van der Waals surface area contributed by atoms with Crippen molar-refractivity contribution in [3.05, 3.63) is 101 Å². The van der Waals surface area contributed by atoms with Gasteiger partial charge >= 0.3 is 0 Å². The van der Waals surface area contributed by atoms with E-state index < -0.39 is 5.60 Å². The molecule has 1 N–H and O–H groups in total. The molecule has 0 bridgehead atoms. The Balaban J connectivity index is 2.02. The lowest BCUT2D eigenvalue weighted by atomic mass is 9.87. The van der Waals surface area contributed by atoms with Crippen LogP contribution in [0.3, 0.4) is 0 Å². The zero-order chi connectivity index (χ0) is 16.8. The van der Waals surface area contributed by atoms with Gasteiger partial charge in [-0.3, -0.25) is 0 Å². The van der Waals surface area contributed by atoms with Crippen molar-refractivity contribution in [1.29, 1.82) is 0 Å². The minimum Gasteiger partial charge on any atom is -0.373 e. The lowest BCUT2D eigenvalue weighted by molar-refractivity contribution is 0.101. The third-order valence-electron chi connectivity index (χ3n) is 3.67. The standard InChI is InChI=1S/C21H16ClNO/c22-19-10-6-9-18(15-19)21(24,16-17-7-2-1-3-8-17)13-12-20-11-4-5-14-23-20/h1-11,14-15,24H,16H2/t21-/m0/s1. The number of nitrogens with zero attached hydrogens (tertiary/aromatic N) is 1. The van der Waals surface area contributed by atoms with E-state index >= 15 is 0 Å². The average Bonchev–Trinajstić information content (AvgIpc) is 2.62. The first-order valence-corrected chi connectivity index (χ1v) is 8.00. The van der Waals surface area contributed by atoms with E-state index in [1.54, 1.807) is 18.3 Å². The van der Waals surface area contributed by atoms with Gasteiger partial charge in [0.25, 0.3) is 0 Å². The van der Waals surface area contributed by atoms with Crippen LogP contribution in [-0.4, -0.2) is 10.1 Å². The zero-order valence-electron chi connectivity index (χ0n) is 13.0. The summed E-state index contributed by atoms with van der Waals surface area (Å²) in [4.78, 5) is 4.19. The molecule has 1 heterocycles. The molecule has 118 valence electrons. The maximum atomic E-state index is 11.3. The molecule has 0 saturated heterocycles. The van der Waals surface area contributed by atoms with Crippen molar-refractivity contribution in [2.45, 2.75) is 12.0 Å². The van der Waals surface area contributed by atoms with Gasteiger partial charge in [0.1, 0.15) is 5.69 Å². The number of rotatable bonds is 3. The Kier molecular flexibility index (Phi) is 4.96. The Bertz CT molecular complexity index is 868. The molecule has 1 aromatic heterocycles. The van der Waals surface area contributed by atoms with Gasteiger partial charge in [-0.15, -0.1) is 0 Å². The molecular weight excluding hydrogens is 318 g/mol. The van der Waals surface area contributed by atoms with Gasteiger partial charge in [0.2, 0.25) is 0 Å². The summed E-state index contributed by atoms with van der Waals surface area (Å²) in [6.45, 7) is 0. The van der Waals surface area contributed by atoms with Gasteiger partial charge in [-0.1, -0.05) is 66.1 Å². The minimum atomic E-state index is -1.34. The number of aromatic nitrogens is 1. The first-order chi connectivity index (χ1) is 11.7. The van der Waals surface area contributed by atoms with Crippen LogP contribution in [0.15, 0.2) is 79.0 Å². The van der Waals surface area contributed by atoms with Crippen molar-refractivity contribution in [3.63, 3.8) is 0 Å². The molecule has 2 nitrogen and oxygen atoms in total. The maximum Gasteiger partial charge on any atom is 0.155 e. The second-order valence-corrected chi connectivity index (χ2v) is 5.93. The fourth-order valence-corrected chi connectivity index (χ4v) is 2.65. The quantitative estimate of drug-likeness (QED) is 0.728. The van der Waals surface area contributed by atoms with Crippen LogP contribution in [0, 0.1) is 11.8 Å². The number of pyridine rings is 1. The molecule has 0 saturated carbocycles. The molecule has 1 atom stereocenters. The molecule has 3 aromatic rings. The normalized spacial score (nSPS) is 12.8. The molecule has 0 fully saturated rings. The van der Waals surface area contributed by atoms with Crippen molar-refractivity contribution in [3.8, 4) is 11.8 Å². The highest BCUT2D eigenvalue weighted by Crippen LogP contribution is 2.27. The van der Waals surface area contributed by atoms with Crippen LogP contribution >= 0.6 is 11.6 Å². The highest BCUT2D eigenvalue weighted by atomic mass is 35.5. The first-order valence-electron chi connectivity index (χ1n) is 7.62. The molecule has 0 aliphatic carbocycles. The van der Waals surface area contributed by atoms with Crippen molar-refractivity contribution in [2.75, 3.05) is 0 Å². The zero-order valence-corrected chi connectivity index (χ0v) is 13.7. The topological polar surface area (TPSA) is 33.1 Å². The Labute approximate surface area is 146 Å². The van der Waals surface area contributed by atoms with Crippen LogP contribution in [0.25, 0.3) is 0 Å². The van der Waals surface area contributed by atoms with Crippen LogP contribution in [-0.2, 0) is 12.0 Å². The third kappa shape index (κ3) is 4.02. The van der Waals surface area contributed by atoms with Crippen molar-refractivity contribution in [1.82, 2.24) is 4.98 Å². The predicted molar refractivity (Wildman–Crippen MR) is 96.6 cm³/mol. The van der Waals surface area contributed by atoms with E-state index in [9.17, 15) is 5.11 Å². The average molecular weight is 334 g/mol. The third-order valence-corrected chi connectivity index (χ3v) is 3.90. The fraction of sp³-hybridized carbons (Fsp3) is 0.0952. The lowest BCUT2D eigenvalue weighted by Crippen LogP contribution is -2.26. The van der Waals surface area contributed by atoms with E-state index in [1.165, 1.54) is 0 Å². The van der Waals surface area contributed by atoms with Gasteiger partial charge in [0.15, 0.2) is 5.60 Å². The van der Waals surface area contributed by atoms with E-state index in [-0.39, 0.29) is 0 Å². The molecule has 0 unspecified atom stereocenters. The van der Waals surface area contributed by atoms with E-state index in [1.807, 2.05) is 60.7 Å². The first kappa shape index (κ1) is 16.3. The molecule has 3 rings (SSSR count). The molecular formula is C21H16ClNO. The molecule has 3 heteroatoms. The summed E-state index contributed by atoms with van der Waals surface area (Å²) in [6, 6.07) is 22.5. The van der Waals surface area contributed by atoms with Gasteiger partial charge in [0, 0.05) is 17.6 Å². The summed E-state index contributed by atoms with van der Waals surface area (Å²) in [5.74, 6) is 5.96. The van der Waals surface area contributed by atoms with Crippen LogP contribution in [0.4, 0.5) is 0 Å². The van der Waals surface area contributed by atoms with Crippen molar-refractivity contribution in [2.24, 2.45) is 0 Å². The Morgan fingerprint density at radius 2 is 1.75 bits per heavy atom. The molecule has 24 heavy (non-hydrogen) atoms. The number of benzene rings is 2. The van der Waals surface area contributed by atoms with Gasteiger partial charge in [-0.05, 0) is 41.3 Å². The molecule has 0 spiro atoms. The minimum absolute atomic E-state index is 0.369.